The van der Waals surface area contributed by atoms with Crippen molar-refractivity contribution in [3.63, 3.8) is 0 Å². The second-order valence-electron chi connectivity index (χ2n) is 6.80. The normalized spacial score (nSPS) is 17.8. The maximum Gasteiger partial charge on any atom is 0.338 e. The van der Waals surface area contributed by atoms with Gasteiger partial charge < -0.3 is 25.0 Å². The minimum Gasteiger partial charge on any atom is -0.496 e. The molecule has 1 heterocycles. The SMILES string of the molecule is CCOC(=O)C1=C(C[NH+](C)Cc2cc(C)ccc2OC)NC(=O)N[C@@H]1CC. The van der Waals surface area contributed by atoms with Gasteiger partial charge in [0, 0.05) is 5.56 Å². The van der Waals surface area contributed by atoms with Crippen LogP contribution in [0.2, 0.25) is 0 Å². The topological polar surface area (TPSA) is 81.1 Å². The number of benzene rings is 1. The molecule has 7 heteroatoms. The minimum atomic E-state index is -0.382. The number of ether oxygens (including phenoxy) is 2. The van der Waals surface area contributed by atoms with Crippen molar-refractivity contribution in [3.8, 4) is 5.75 Å². The van der Waals surface area contributed by atoms with Crippen molar-refractivity contribution in [1.29, 1.82) is 0 Å². The number of amides is 2. The zero-order chi connectivity index (χ0) is 20.0. The Morgan fingerprint density at radius 1 is 1.26 bits per heavy atom. The Labute approximate surface area is 160 Å². The molecule has 0 saturated heterocycles. The molecule has 2 atom stereocenters. The molecule has 148 valence electrons. The predicted octanol–water partition coefficient (Wildman–Crippen LogP) is 0.927. The number of nitrogens with one attached hydrogen (secondary N) is 3. The fraction of sp³-hybridized carbons (Fsp3) is 0.500. The third-order valence-electron chi connectivity index (χ3n) is 4.55. The summed E-state index contributed by atoms with van der Waals surface area (Å²) in [5, 5.41) is 5.60. The minimum absolute atomic E-state index is 0.286. The molecule has 0 spiro atoms. The number of rotatable bonds is 8. The lowest BCUT2D eigenvalue weighted by molar-refractivity contribution is -0.889. The molecule has 1 aliphatic rings. The van der Waals surface area contributed by atoms with Gasteiger partial charge in [-0.2, -0.15) is 0 Å². The van der Waals surface area contributed by atoms with Crippen LogP contribution in [0.5, 0.6) is 5.75 Å². The van der Waals surface area contributed by atoms with Crippen LogP contribution < -0.4 is 20.3 Å². The quantitative estimate of drug-likeness (QED) is 0.590. The highest BCUT2D eigenvalue weighted by Crippen LogP contribution is 2.19. The molecule has 1 aromatic carbocycles. The molecule has 0 bridgehead atoms. The highest BCUT2D eigenvalue weighted by molar-refractivity contribution is 5.94. The molecule has 0 saturated carbocycles. The van der Waals surface area contributed by atoms with Crippen molar-refractivity contribution in [2.45, 2.75) is 39.8 Å². The third-order valence-corrected chi connectivity index (χ3v) is 4.55. The number of quaternary nitrogens is 1. The van der Waals surface area contributed by atoms with Crippen LogP contribution in [0.15, 0.2) is 29.5 Å². The number of aryl methyl sites for hydroxylation is 1. The lowest BCUT2D eigenvalue weighted by Gasteiger charge is -2.29. The molecule has 0 aliphatic carbocycles. The first kappa shape index (κ1) is 20.8. The second-order valence-corrected chi connectivity index (χ2v) is 6.80. The Hall–Kier alpha value is -2.54. The van der Waals surface area contributed by atoms with Crippen LogP contribution >= 0.6 is 0 Å². The molecule has 0 fully saturated rings. The molecule has 1 aliphatic heterocycles. The van der Waals surface area contributed by atoms with E-state index in [2.05, 4.69) is 16.7 Å². The van der Waals surface area contributed by atoms with E-state index in [1.54, 1.807) is 14.0 Å². The van der Waals surface area contributed by atoms with Crippen LogP contribution in [-0.4, -0.2) is 45.4 Å². The summed E-state index contributed by atoms with van der Waals surface area (Å²) in [6, 6.07) is 5.44. The molecule has 0 radical (unpaired) electrons. The van der Waals surface area contributed by atoms with Crippen LogP contribution in [0.25, 0.3) is 0 Å². The summed E-state index contributed by atoms with van der Waals surface area (Å²) in [6.07, 6.45) is 0.621. The summed E-state index contributed by atoms with van der Waals surface area (Å²) in [5.41, 5.74) is 3.37. The van der Waals surface area contributed by atoms with Gasteiger partial charge in [-0.05, 0) is 32.4 Å². The molecular formula is C20H30N3O4+. The Bertz CT molecular complexity index is 730. The maximum absolute atomic E-state index is 12.5. The van der Waals surface area contributed by atoms with E-state index in [0.29, 0.717) is 37.4 Å². The van der Waals surface area contributed by atoms with Gasteiger partial charge >= 0.3 is 12.0 Å². The molecule has 7 nitrogen and oxygen atoms in total. The molecule has 1 unspecified atom stereocenters. The standard InChI is InChI=1S/C20H29N3O4/c1-6-15-18(19(24)27-7-2)16(22-20(25)21-15)12-23(4)11-14-10-13(3)8-9-17(14)26-5/h8-10,15H,6-7,11-12H2,1-5H3,(H2,21,22,25)/p+1/t15-/m1/s1. The lowest BCUT2D eigenvalue weighted by atomic mass is 10.00. The fourth-order valence-corrected chi connectivity index (χ4v) is 3.34. The maximum atomic E-state index is 12.5. The van der Waals surface area contributed by atoms with Crippen molar-refractivity contribution in [2.24, 2.45) is 0 Å². The monoisotopic (exact) mass is 376 g/mol. The molecule has 0 aromatic heterocycles. The number of hydrogen-bond donors (Lipinski definition) is 3. The van der Waals surface area contributed by atoms with Crippen molar-refractivity contribution in [1.82, 2.24) is 10.6 Å². The van der Waals surface area contributed by atoms with E-state index in [4.69, 9.17) is 9.47 Å². The molecule has 2 amide bonds. The third kappa shape index (κ3) is 5.23. The van der Waals surface area contributed by atoms with E-state index >= 15 is 0 Å². The number of hydrogen-bond acceptors (Lipinski definition) is 4. The number of likely N-dealkylation sites (N-methyl/N-ethyl adjacent to an activating group) is 1. The predicted molar refractivity (Wildman–Crippen MR) is 103 cm³/mol. The summed E-state index contributed by atoms with van der Waals surface area (Å²) < 4.78 is 10.7. The van der Waals surface area contributed by atoms with Gasteiger partial charge in [-0.3, -0.25) is 0 Å². The number of carbonyl (C=O) groups is 2. The van der Waals surface area contributed by atoms with Gasteiger partial charge in [0.05, 0.1) is 38.1 Å². The highest BCUT2D eigenvalue weighted by atomic mass is 16.5. The number of urea groups is 1. The molecular weight excluding hydrogens is 346 g/mol. The summed E-state index contributed by atoms with van der Waals surface area (Å²) >= 11 is 0. The number of methoxy groups -OCH3 is 1. The van der Waals surface area contributed by atoms with Crippen LogP contribution in [0, 0.1) is 6.92 Å². The molecule has 1 aromatic rings. The zero-order valence-electron chi connectivity index (χ0n) is 16.8. The van der Waals surface area contributed by atoms with Crippen molar-refractivity contribution in [2.75, 3.05) is 27.3 Å². The van der Waals surface area contributed by atoms with E-state index < -0.39 is 0 Å². The Morgan fingerprint density at radius 2 is 2.00 bits per heavy atom. The number of esters is 1. The van der Waals surface area contributed by atoms with Crippen molar-refractivity contribution in [3.05, 3.63) is 40.6 Å². The summed E-state index contributed by atoms with van der Waals surface area (Å²) in [7, 11) is 3.68. The smallest absolute Gasteiger partial charge is 0.338 e. The molecule has 3 N–H and O–H groups in total. The first-order valence-electron chi connectivity index (χ1n) is 9.32. The van der Waals surface area contributed by atoms with Gasteiger partial charge in [-0.25, -0.2) is 9.59 Å². The van der Waals surface area contributed by atoms with Gasteiger partial charge in [0.25, 0.3) is 0 Å². The van der Waals surface area contributed by atoms with E-state index in [0.717, 1.165) is 21.8 Å². The molecule has 27 heavy (non-hydrogen) atoms. The van der Waals surface area contributed by atoms with Crippen LogP contribution in [-0.2, 0) is 16.1 Å². The summed E-state index contributed by atoms with van der Waals surface area (Å²) in [4.78, 5) is 25.6. The average Bonchev–Trinajstić information content (AvgIpc) is 2.61. The second kappa shape index (κ2) is 9.41. The fourth-order valence-electron chi connectivity index (χ4n) is 3.34. The van der Waals surface area contributed by atoms with Crippen LogP contribution in [0.1, 0.15) is 31.4 Å². The van der Waals surface area contributed by atoms with E-state index in [-0.39, 0.29) is 18.0 Å². The zero-order valence-corrected chi connectivity index (χ0v) is 16.8. The first-order valence-corrected chi connectivity index (χ1v) is 9.32. The largest absolute Gasteiger partial charge is 0.496 e. The van der Waals surface area contributed by atoms with Gasteiger partial charge in [-0.1, -0.05) is 18.6 Å². The summed E-state index contributed by atoms with van der Waals surface area (Å²) in [5.74, 6) is 0.452. The first-order chi connectivity index (χ1) is 12.9. The number of carbonyl (C=O) groups excluding carboxylic acids is 2. The average molecular weight is 376 g/mol. The van der Waals surface area contributed by atoms with Gasteiger partial charge in [0.2, 0.25) is 0 Å². The lowest BCUT2D eigenvalue weighted by Crippen LogP contribution is -3.08. The van der Waals surface area contributed by atoms with Crippen molar-refractivity contribution >= 4 is 12.0 Å². The summed E-state index contributed by atoms with van der Waals surface area (Å²) in [6.45, 7) is 7.23. The Morgan fingerprint density at radius 3 is 2.63 bits per heavy atom. The van der Waals surface area contributed by atoms with Gasteiger partial charge in [-0.15, -0.1) is 0 Å². The van der Waals surface area contributed by atoms with E-state index in [1.165, 1.54) is 0 Å². The van der Waals surface area contributed by atoms with Crippen LogP contribution in [0.4, 0.5) is 4.79 Å². The van der Waals surface area contributed by atoms with Crippen molar-refractivity contribution < 1.29 is 24.0 Å². The van der Waals surface area contributed by atoms with E-state index in [9.17, 15) is 9.59 Å². The Balaban J connectivity index is 2.26. The molecule has 2 rings (SSSR count). The Kier molecular flexibility index (Phi) is 7.24. The van der Waals surface area contributed by atoms with Gasteiger partial charge in [0.1, 0.15) is 18.8 Å². The van der Waals surface area contributed by atoms with E-state index in [1.807, 2.05) is 33.0 Å². The van der Waals surface area contributed by atoms with Crippen LogP contribution in [0.3, 0.4) is 0 Å². The van der Waals surface area contributed by atoms with Gasteiger partial charge in [0.15, 0.2) is 0 Å². The highest BCUT2D eigenvalue weighted by Gasteiger charge is 2.32.